The van der Waals surface area contributed by atoms with E-state index in [2.05, 4.69) is 4.98 Å². The summed E-state index contributed by atoms with van der Waals surface area (Å²) in [5.41, 5.74) is 3.62. The third-order valence-electron chi connectivity index (χ3n) is 5.05. The number of aromatic amines is 1. The molecule has 0 bridgehead atoms. The summed E-state index contributed by atoms with van der Waals surface area (Å²) in [5, 5.41) is 0.999. The summed E-state index contributed by atoms with van der Waals surface area (Å²) < 4.78 is 18.4. The van der Waals surface area contributed by atoms with Crippen molar-refractivity contribution in [1.82, 2.24) is 9.97 Å². The number of benzene rings is 3. The highest BCUT2D eigenvalue weighted by molar-refractivity contribution is 5.95. The number of nitrogens with one attached hydrogen (secondary N) is 1. The molecule has 0 aliphatic carbocycles. The van der Waals surface area contributed by atoms with Crippen LogP contribution in [0.2, 0.25) is 0 Å². The Morgan fingerprint density at radius 2 is 1.64 bits per heavy atom. The van der Waals surface area contributed by atoms with E-state index in [0.29, 0.717) is 6.61 Å². The molecule has 0 saturated heterocycles. The minimum atomic E-state index is -0.356. The van der Waals surface area contributed by atoms with Gasteiger partial charge >= 0.3 is 0 Å². The first-order chi connectivity index (χ1) is 13.9. The number of furan rings is 1. The lowest BCUT2D eigenvalue weighted by Crippen LogP contribution is -2.21. The van der Waals surface area contributed by atoms with Gasteiger partial charge in [0.2, 0.25) is 0 Å². The molecule has 0 amide bonds. The molecule has 0 saturated carbocycles. The van der Waals surface area contributed by atoms with Crippen LogP contribution in [-0.2, 0) is 0 Å². The van der Waals surface area contributed by atoms with Crippen LogP contribution in [0.1, 0.15) is 11.9 Å². The maximum atomic E-state index is 6.24. The average Bonchev–Trinajstić information content (AvgIpc) is 3.34. The fraction of sp³-hybridized carbons (Fsp3) is 0.0870. The number of fused-ring (bicyclic) bond motifs is 3. The van der Waals surface area contributed by atoms with Crippen LogP contribution in [0, 0.1) is 0 Å². The Balaban J connectivity index is 1.54. The molecule has 5 heteroatoms. The Bertz CT molecular complexity index is 1280. The van der Waals surface area contributed by atoms with Gasteiger partial charge in [-0.3, -0.25) is 0 Å². The quantitative estimate of drug-likeness (QED) is 0.448. The molecule has 6 rings (SSSR count). The molecule has 28 heavy (non-hydrogen) atoms. The van der Waals surface area contributed by atoms with Gasteiger partial charge in [0.05, 0.1) is 16.6 Å². The van der Waals surface area contributed by atoms with Crippen LogP contribution in [0.5, 0.6) is 11.5 Å². The summed E-state index contributed by atoms with van der Waals surface area (Å²) in [6.07, 6.45) is -0.356. The third-order valence-corrected chi connectivity index (χ3v) is 5.05. The molecule has 5 aromatic rings. The minimum Gasteiger partial charge on any atom is -0.485 e. The molecule has 1 N–H and O–H groups in total. The number of para-hydroxylation sites is 5. The number of aromatic nitrogens is 2. The van der Waals surface area contributed by atoms with E-state index in [1.807, 2.05) is 72.8 Å². The monoisotopic (exact) mass is 368 g/mol. The van der Waals surface area contributed by atoms with Gasteiger partial charge < -0.3 is 18.9 Å². The first kappa shape index (κ1) is 15.3. The Morgan fingerprint density at radius 3 is 2.57 bits per heavy atom. The summed E-state index contributed by atoms with van der Waals surface area (Å²) in [7, 11) is 0. The van der Waals surface area contributed by atoms with Crippen molar-refractivity contribution in [3.8, 4) is 22.9 Å². The predicted octanol–water partition coefficient (Wildman–Crippen LogP) is 5.49. The van der Waals surface area contributed by atoms with Crippen molar-refractivity contribution in [2.24, 2.45) is 0 Å². The molecule has 1 aliphatic heterocycles. The number of H-pyrrole nitrogens is 1. The maximum Gasteiger partial charge on any atom is 0.191 e. The maximum absolute atomic E-state index is 6.24. The standard InChI is InChI=1S/C23H16N2O3/c1-4-10-17-14(7-1)21(23-24-15-8-2-3-9-16(15)25-23)22(28-17)20-13-26-18-11-5-6-12-19(18)27-20/h1-12,20H,13H2,(H,24,25). The second kappa shape index (κ2) is 5.89. The van der Waals surface area contributed by atoms with Crippen LogP contribution in [-0.4, -0.2) is 16.6 Å². The van der Waals surface area contributed by atoms with Gasteiger partial charge in [-0.15, -0.1) is 0 Å². The van der Waals surface area contributed by atoms with Gasteiger partial charge in [-0.05, 0) is 30.3 Å². The topological polar surface area (TPSA) is 60.3 Å². The Labute approximate surface area is 160 Å². The van der Waals surface area contributed by atoms with Crippen LogP contribution in [0.15, 0.2) is 77.2 Å². The Hall–Kier alpha value is -3.73. The van der Waals surface area contributed by atoms with E-state index < -0.39 is 0 Å². The number of ether oxygens (including phenoxy) is 2. The van der Waals surface area contributed by atoms with Crippen molar-refractivity contribution >= 4 is 22.0 Å². The fourth-order valence-corrected chi connectivity index (χ4v) is 3.76. The molecule has 1 atom stereocenters. The summed E-state index contributed by atoms with van der Waals surface area (Å²) >= 11 is 0. The highest BCUT2D eigenvalue weighted by Crippen LogP contribution is 2.42. The van der Waals surface area contributed by atoms with Crippen LogP contribution in [0.4, 0.5) is 0 Å². The second-order valence-electron chi connectivity index (χ2n) is 6.80. The summed E-state index contributed by atoms with van der Waals surface area (Å²) in [5.74, 6) is 2.95. The van der Waals surface area contributed by atoms with Crippen molar-refractivity contribution in [1.29, 1.82) is 0 Å². The van der Waals surface area contributed by atoms with Gasteiger partial charge in [-0.2, -0.15) is 0 Å². The molecular weight excluding hydrogens is 352 g/mol. The molecule has 1 unspecified atom stereocenters. The zero-order valence-electron chi connectivity index (χ0n) is 14.9. The smallest absolute Gasteiger partial charge is 0.191 e. The van der Waals surface area contributed by atoms with Crippen molar-refractivity contribution in [2.45, 2.75) is 6.10 Å². The van der Waals surface area contributed by atoms with Crippen LogP contribution in [0.3, 0.4) is 0 Å². The largest absolute Gasteiger partial charge is 0.485 e. The van der Waals surface area contributed by atoms with E-state index in [1.165, 1.54) is 0 Å². The van der Waals surface area contributed by atoms with Crippen molar-refractivity contribution in [3.05, 3.63) is 78.6 Å². The normalized spacial score (nSPS) is 15.9. The highest BCUT2D eigenvalue weighted by atomic mass is 16.6. The molecule has 5 nitrogen and oxygen atoms in total. The van der Waals surface area contributed by atoms with E-state index in [-0.39, 0.29) is 6.10 Å². The third kappa shape index (κ3) is 2.29. The SMILES string of the molecule is c1ccc2c(c1)OCC(c1oc3ccccc3c1-c1nc3ccccc3[nH]1)O2. The molecule has 3 heterocycles. The number of hydrogen-bond donors (Lipinski definition) is 1. The number of nitrogens with zero attached hydrogens (tertiary/aromatic N) is 1. The van der Waals surface area contributed by atoms with E-state index in [4.69, 9.17) is 18.9 Å². The predicted molar refractivity (Wildman–Crippen MR) is 107 cm³/mol. The first-order valence-corrected chi connectivity index (χ1v) is 9.22. The van der Waals surface area contributed by atoms with Gasteiger partial charge in [-0.1, -0.05) is 42.5 Å². The molecule has 0 fully saturated rings. The molecule has 3 aromatic carbocycles. The van der Waals surface area contributed by atoms with Crippen LogP contribution in [0.25, 0.3) is 33.4 Å². The van der Waals surface area contributed by atoms with E-state index >= 15 is 0 Å². The Morgan fingerprint density at radius 1 is 0.857 bits per heavy atom. The van der Waals surface area contributed by atoms with Gasteiger partial charge in [0.25, 0.3) is 0 Å². The van der Waals surface area contributed by atoms with E-state index in [9.17, 15) is 0 Å². The molecule has 0 spiro atoms. The molecule has 1 aliphatic rings. The summed E-state index contributed by atoms with van der Waals surface area (Å²) in [4.78, 5) is 8.21. The molecular formula is C23H16N2O3. The minimum absolute atomic E-state index is 0.356. The molecule has 136 valence electrons. The Kier molecular flexibility index (Phi) is 3.23. The van der Waals surface area contributed by atoms with Gasteiger partial charge in [0, 0.05) is 5.39 Å². The van der Waals surface area contributed by atoms with E-state index in [0.717, 1.165) is 50.6 Å². The van der Waals surface area contributed by atoms with Crippen LogP contribution < -0.4 is 9.47 Å². The molecule has 2 aromatic heterocycles. The average molecular weight is 368 g/mol. The number of rotatable bonds is 2. The second-order valence-corrected chi connectivity index (χ2v) is 6.80. The number of imidazole rings is 1. The summed E-state index contributed by atoms with van der Waals surface area (Å²) in [6, 6.07) is 23.6. The highest BCUT2D eigenvalue weighted by Gasteiger charge is 2.31. The molecule has 0 radical (unpaired) electrons. The lowest BCUT2D eigenvalue weighted by Gasteiger charge is -2.25. The van der Waals surface area contributed by atoms with Gasteiger partial charge in [0.1, 0.15) is 18.0 Å². The number of hydrogen-bond acceptors (Lipinski definition) is 4. The van der Waals surface area contributed by atoms with E-state index in [1.54, 1.807) is 0 Å². The van der Waals surface area contributed by atoms with Crippen LogP contribution >= 0.6 is 0 Å². The van der Waals surface area contributed by atoms with Crippen molar-refractivity contribution < 1.29 is 13.9 Å². The van der Waals surface area contributed by atoms with Crippen molar-refractivity contribution in [3.63, 3.8) is 0 Å². The first-order valence-electron chi connectivity index (χ1n) is 9.22. The lowest BCUT2D eigenvalue weighted by molar-refractivity contribution is 0.0769. The zero-order chi connectivity index (χ0) is 18.5. The van der Waals surface area contributed by atoms with Crippen molar-refractivity contribution in [2.75, 3.05) is 6.61 Å². The fourth-order valence-electron chi connectivity index (χ4n) is 3.76. The van der Waals surface area contributed by atoms with Gasteiger partial charge in [-0.25, -0.2) is 4.98 Å². The summed E-state index contributed by atoms with van der Waals surface area (Å²) in [6.45, 7) is 0.379. The lowest BCUT2D eigenvalue weighted by atomic mass is 10.1. The zero-order valence-corrected chi connectivity index (χ0v) is 14.9. The van der Waals surface area contributed by atoms with Gasteiger partial charge in [0.15, 0.2) is 23.4 Å².